The summed E-state index contributed by atoms with van der Waals surface area (Å²) in [5.41, 5.74) is 3.71. The second-order valence-electron chi connectivity index (χ2n) is 9.98. The maximum atomic E-state index is 12.6. The number of likely N-dealkylation sites (tertiary alicyclic amines) is 1. The summed E-state index contributed by atoms with van der Waals surface area (Å²) in [6.07, 6.45) is 5.82. The van der Waals surface area contributed by atoms with E-state index in [1.165, 1.54) is 6.20 Å². The van der Waals surface area contributed by atoms with Crippen LogP contribution in [0.4, 0.5) is 0 Å². The predicted octanol–water partition coefficient (Wildman–Crippen LogP) is 1.66. The Kier molecular flexibility index (Phi) is 6.68. The van der Waals surface area contributed by atoms with E-state index in [1.807, 2.05) is 22.6 Å². The van der Waals surface area contributed by atoms with Gasteiger partial charge in [0.25, 0.3) is 0 Å². The molecule has 2 saturated heterocycles. The van der Waals surface area contributed by atoms with Gasteiger partial charge in [-0.1, -0.05) is 11.3 Å². The monoisotopic (exact) mass is 527 g/mol. The number of pyridine rings is 2. The van der Waals surface area contributed by atoms with Gasteiger partial charge in [0, 0.05) is 44.1 Å². The van der Waals surface area contributed by atoms with Crippen molar-refractivity contribution < 1.29 is 14.6 Å². The summed E-state index contributed by atoms with van der Waals surface area (Å²) in [6.45, 7) is 4.64. The largest absolute Gasteiger partial charge is 0.479 e. The summed E-state index contributed by atoms with van der Waals surface area (Å²) in [6, 6.07) is 9.51. The van der Waals surface area contributed by atoms with Crippen molar-refractivity contribution in [2.24, 2.45) is 5.92 Å². The van der Waals surface area contributed by atoms with E-state index in [1.54, 1.807) is 35.1 Å². The first-order chi connectivity index (χ1) is 19.1. The van der Waals surface area contributed by atoms with Crippen molar-refractivity contribution in [3.63, 3.8) is 0 Å². The van der Waals surface area contributed by atoms with Crippen LogP contribution in [0.25, 0.3) is 16.8 Å². The zero-order chi connectivity index (χ0) is 26.9. The Balaban J connectivity index is 1.29. The van der Waals surface area contributed by atoms with Gasteiger partial charge in [0.1, 0.15) is 28.6 Å². The van der Waals surface area contributed by atoms with Gasteiger partial charge in [-0.25, -0.2) is 9.20 Å². The number of aliphatic hydroxyl groups excluding tert-OH is 1. The highest BCUT2D eigenvalue weighted by Crippen LogP contribution is 2.34. The van der Waals surface area contributed by atoms with Crippen LogP contribution in [0.15, 0.2) is 42.9 Å². The van der Waals surface area contributed by atoms with Gasteiger partial charge in [0.2, 0.25) is 5.91 Å². The molecule has 0 aromatic carbocycles. The number of carbonyl (C=O) groups is 1. The molecule has 4 aromatic rings. The van der Waals surface area contributed by atoms with Crippen LogP contribution in [-0.2, 0) is 4.79 Å². The summed E-state index contributed by atoms with van der Waals surface area (Å²) in [5.74, 6) is 0.740. The molecule has 12 nitrogen and oxygen atoms in total. The average Bonchev–Trinajstić information content (AvgIpc) is 3.54. The van der Waals surface area contributed by atoms with Crippen molar-refractivity contribution in [1.82, 2.24) is 39.8 Å². The lowest BCUT2D eigenvalue weighted by atomic mass is 9.98. The van der Waals surface area contributed by atoms with E-state index < -0.39 is 6.10 Å². The number of carbonyl (C=O) groups excluding carboxylic acids is 1. The van der Waals surface area contributed by atoms with Gasteiger partial charge in [0.15, 0.2) is 6.10 Å². The molecule has 200 valence electrons. The molecular weight excluding hydrogens is 498 g/mol. The van der Waals surface area contributed by atoms with Crippen LogP contribution < -0.4 is 10.1 Å². The third kappa shape index (κ3) is 4.60. The maximum Gasteiger partial charge on any atom is 0.228 e. The first kappa shape index (κ1) is 25.0. The van der Waals surface area contributed by atoms with Gasteiger partial charge in [-0.2, -0.15) is 10.4 Å². The smallest absolute Gasteiger partial charge is 0.228 e. The van der Waals surface area contributed by atoms with E-state index in [0.29, 0.717) is 41.3 Å². The molecule has 2 N–H and O–H groups in total. The molecule has 0 bridgehead atoms. The molecule has 39 heavy (non-hydrogen) atoms. The Labute approximate surface area is 224 Å². The predicted molar refractivity (Wildman–Crippen MR) is 140 cm³/mol. The van der Waals surface area contributed by atoms with E-state index >= 15 is 0 Å². The summed E-state index contributed by atoms with van der Waals surface area (Å²) < 4.78 is 9.77. The van der Waals surface area contributed by atoms with Crippen LogP contribution in [0.3, 0.4) is 0 Å². The zero-order valence-corrected chi connectivity index (χ0v) is 21.6. The van der Waals surface area contributed by atoms with Crippen LogP contribution in [0.2, 0.25) is 0 Å². The number of nitriles is 1. The molecule has 0 spiro atoms. The second-order valence-corrected chi connectivity index (χ2v) is 9.98. The molecular formula is C27H29N9O3. The van der Waals surface area contributed by atoms with Crippen molar-refractivity contribution >= 4 is 11.4 Å². The fraction of sp³-hybridized carbons (Fsp3) is 0.407. The number of hydrogen-bond donors (Lipinski definition) is 2. The van der Waals surface area contributed by atoms with Crippen LogP contribution in [0.5, 0.6) is 5.75 Å². The van der Waals surface area contributed by atoms with Gasteiger partial charge < -0.3 is 20.1 Å². The summed E-state index contributed by atoms with van der Waals surface area (Å²) in [4.78, 5) is 18.9. The number of aromatic nitrogens is 6. The molecule has 0 aliphatic carbocycles. The van der Waals surface area contributed by atoms with Crippen LogP contribution >= 0.6 is 0 Å². The molecule has 2 aliphatic heterocycles. The van der Waals surface area contributed by atoms with Crippen molar-refractivity contribution in [3.05, 3.63) is 59.8 Å². The highest BCUT2D eigenvalue weighted by atomic mass is 16.5. The molecule has 0 radical (unpaired) electrons. The highest BCUT2D eigenvalue weighted by Gasteiger charge is 2.33. The van der Waals surface area contributed by atoms with Crippen molar-refractivity contribution in [2.75, 3.05) is 32.8 Å². The molecule has 2 aliphatic rings. The third-order valence-electron chi connectivity index (χ3n) is 7.60. The molecule has 1 amide bonds. The number of nitrogens with zero attached hydrogens (tertiary/aromatic N) is 8. The summed E-state index contributed by atoms with van der Waals surface area (Å²) >= 11 is 0. The Morgan fingerprint density at radius 1 is 1.31 bits per heavy atom. The Morgan fingerprint density at radius 3 is 2.79 bits per heavy atom. The number of piperidine rings is 1. The molecule has 1 atom stereocenters. The Morgan fingerprint density at radius 2 is 2.13 bits per heavy atom. The molecule has 1 unspecified atom stereocenters. The number of nitrogens with one attached hydrogen (secondary N) is 1. The summed E-state index contributed by atoms with van der Waals surface area (Å²) in [5, 5.41) is 36.2. The van der Waals surface area contributed by atoms with Gasteiger partial charge in [0.05, 0.1) is 36.2 Å². The number of hydrogen-bond acceptors (Lipinski definition) is 9. The minimum atomic E-state index is -0.730. The van der Waals surface area contributed by atoms with E-state index in [9.17, 15) is 15.2 Å². The quantitative estimate of drug-likeness (QED) is 0.366. The van der Waals surface area contributed by atoms with E-state index in [0.717, 1.165) is 37.2 Å². The van der Waals surface area contributed by atoms with E-state index in [2.05, 4.69) is 31.8 Å². The van der Waals surface area contributed by atoms with E-state index in [-0.39, 0.29) is 24.5 Å². The molecule has 6 rings (SSSR count). The average molecular weight is 528 g/mol. The number of amides is 1. The number of rotatable bonds is 7. The molecule has 4 aromatic heterocycles. The minimum Gasteiger partial charge on any atom is -0.479 e. The lowest BCUT2D eigenvalue weighted by molar-refractivity contribution is -0.138. The standard InChI is InChI=1S/C27H29N9O3/c1-17-25(32-33-36(17)21-5-8-34(9-6-21)27(38)20-12-29-13-20)18-10-23(26-19(11-28)14-31-35(26)15-18)39-24(16-37)22-4-2-3-7-30-22/h2-4,7,10,14-15,20-21,24,29,37H,5-6,8-9,12-13,16H2,1H3. The molecule has 0 saturated carbocycles. The summed E-state index contributed by atoms with van der Waals surface area (Å²) in [7, 11) is 0. The first-order valence-electron chi connectivity index (χ1n) is 13.1. The Hall–Kier alpha value is -4.34. The SMILES string of the molecule is Cc1c(-c2cc(OC(CO)c3ccccn3)c3c(C#N)cnn3c2)nnn1C1CCN(C(=O)C2CNC2)CC1. The molecule has 6 heterocycles. The topological polar surface area (TPSA) is 146 Å². The normalized spacial score (nSPS) is 17.1. The molecule has 12 heteroatoms. The lowest BCUT2D eigenvalue weighted by Gasteiger charge is -2.37. The number of ether oxygens (including phenoxy) is 1. The van der Waals surface area contributed by atoms with Gasteiger partial charge in [-0.15, -0.1) is 5.10 Å². The van der Waals surface area contributed by atoms with Gasteiger partial charge >= 0.3 is 0 Å². The fourth-order valence-corrected chi connectivity index (χ4v) is 5.30. The lowest BCUT2D eigenvalue weighted by Crippen LogP contribution is -2.53. The van der Waals surface area contributed by atoms with Crippen LogP contribution in [-0.4, -0.2) is 78.3 Å². The van der Waals surface area contributed by atoms with Crippen LogP contribution in [0, 0.1) is 24.2 Å². The minimum absolute atomic E-state index is 0.111. The van der Waals surface area contributed by atoms with Gasteiger partial charge in [-0.3, -0.25) is 9.78 Å². The van der Waals surface area contributed by atoms with Crippen molar-refractivity contribution in [2.45, 2.75) is 31.9 Å². The van der Waals surface area contributed by atoms with E-state index in [4.69, 9.17) is 4.74 Å². The van der Waals surface area contributed by atoms with Gasteiger partial charge in [-0.05, 0) is 38.0 Å². The maximum absolute atomic E-state index is 12.6. The molecule has 2 fully saturated rings. The van der Waals surface area contributed by atoms with Crippen molar-refractivity contribution in [3.8, 4) is 23.1 Å². The first-order valence-corrected chi connectivity index (χ1v) is 13.1. The van der Waals surface area contributed by atoms with Crippen LogP contribution in [0.1, 0.15) is 41.9 Å². The second kappa shape index (κ2) is 10.4. The fourth-order valence-electron chi connectivity index (χ4n) is 5.30. The highest BCUT2D eigenvalue weighted by molar-refractivity contribution is 5.80. The number of aliphatic hydroxyl groups is 1. The zero-order valence-electron chi connectivity index (χ0n) is 21.6. The van der Waals surface area contributed by atoms with Crippen molar-refractivity contribution in [1.29, 1.82) is 5.26 Å². The third-order valence-corrected chi connectivity index (χ3v) is 7.60. The Bertz CT molecular complexity index is 1530. The number of fused-ring (bicyclic) bond motifs is 1.